The number of alkyl halides is 1. The summed E-state index contributed by atoms with van der Waals surface area (Å²) >= 11 is 3.40. The minimum absolute atomic E-state index is 0. The summed E-state index contributed by atoms with van der Waals surface area (Å²) in [6.45, 7) is 21.3. The van der Waals surface area contributed by atoms with Crippen molar-refractivity contribution in [2.75, 3.05) is 64.4 Å². The van der Waals surface area contributed by atoms with Gasteiger partial charge in [0.1, 0.15) is 0 Å². The predicted octanol–water partition coefficient (Wildman–Crippen LogP) is -0.123. The molecular formula is C20H36BrKN2O2. The fourth-order valence-corrected chi connectivity index (χ4v) is 2.33. The standard InChI is InChI=1S/C11H20NO2.C9H16BrN.K/c1-3-6-12(7-4-2)8-5-10-14-11-9-13;1-3-7-11(8-4-2)9-5-6-10;/h3-4H,1-2,5-11H2;3-4H,1-2,5-9H2;/q-1;;+1. The van der Waals surface area contributed by atoms with Gasteiger partial charge in [-0.3, -0.25) is 9.80 Å². The van der Waals surface area contributed by atoms with Crippen LogP contribution in [0.4, 0.5) is 0 Å². The first kappa shape index (κ1) is 31.6. The molecule has 4 nitrogen and oxygen atoms in total. The molecule has 0 radical (unpaired) electrons. The summed E-state index contributed by atoms with van der Waals surface area (Å²) in [5.74, 6) is 0. The van der Waals surface area contributed by atoms with E-state index < -0.39 is 0 Å². The molecular weight excluding hydrogens is 419 g/mol. The molecule has 0 N–H and O–H groups in total. The fourth-order valence-electron chi connectivity index (χ4n) is 2.08. The van der Waals surface area contributed by atoms with Gasteiger partial charge in [-0.25, -0.2) is 0 Å². The van der Waals surface area contributed by atoms with Crippen molar-refractivity contribution in [3.8, 4) is 0 Å². The fraction of sp³-hybridized carbons (Fsp3) is 0.600. The predicted molar refractivity (Wildman–Crippen MR) is 112 cm³/mol. The van der Waals surface area contributed by atoms with E-state index in [4.69, 9.17) is 4.74 Å². The van der Waals surface area contributed by atoms with Gasteiger partial charge in [-0.15, -0.1) is 32.9 Å². The number of hydrogen-bond donors (Lipinski definition) is 0. The van der Waals surface area contributed by atoms with E-state index >= 15 is 0 Å². The van der Waals surface area contributed by atoms with E-state index in [9.17, 15) is 5.11 Å². The van der Waals surface area contributed by atoms with Crippen LogP contribution in [0.3, 0.4) is 0 Å². The average Bonchev–Trinajstić information content (AvgIpc) is 2.61. The van der Waals surface area contributed by atoms with Crippen molar-refractivity contribution in [3.63, 3.8) is 0 Å². The summed E-state index contributed by atoms with van der Waals surface area (Å²) in [7, 11) is 0. The van der Waals surface area contributed by atoms with Crippen LogP contribution in [0.5, 0.6) is 0 Å². The maximum Gasteiger partial charge on any atom is 1.00 e. The largest absolute Gasteiger partial charge is 1.00 e. The second-order valence-electron chi connectivity index (χ2n) is 5.39. The third-order valence-electron chi connectivity index (χ3n) is 3.15. The molecule has 0 unspecified atom stereocenters. The van der Waals surface area contributed by atoms with Crippen molar-refractivity contribution >= 4 is 15.9 Å². The summed E-state index contributed by atoms with van der Waals surface area (Å²) in [5, 5.41) is 11.1. The summed E-state index contributed by atoms with van der Waals surface area (Å²) in [6.07, 6.45) is 9.74. The Bertz CT molecular complexity index is 311. The molecule has 26 heavy (non-hydrogen) atoms. The van der Waals surface area contributed by atoms with Crippen LogP contribution in [-0.4, -0.2) is 74.2 Å². The van der Waals surface area contributed by atoms with Crippen molar-refractivity contribution in [1.29, 1.82) is 0 Å². The van der Waals surface area contributed by atoms with Crippen molar-refractivity contribution in [3.05, 3.63) is 50.6 Å². The van der Waals surface area contributed by atoms with Gasteiger partial charge in [0.05, 0.1) is 0 Å². The SMILES string of the molecule is C=CCN(CC=C)CCCBr.C=CCN(CC=C)CCCOCC[O-].[K+]. The molecule has 0 saturated heterocycles. The van der Waals surface area contributed by atoms with E-state index in [1.165, 1.54) is 6.42 Å². The van der Waals surface area contributed by atoms with Crippen LogP contribution in [0.1, 0.15) is 12.8 Å². The molecule has 0 rings (SSSR count). The minimum atomic E-state index is -0.150. The van der Waals surface area contributed by atoms with E-state index in [-0.39, 0.29) is 58.0 Å². The molecule has 0 aromatic rings. The first-order valence-corrected chi connectivity index (χ1v) is 9.92. The Kier molecular flexibility index (Phi) is 34.2. The number of rotatable bonds is 17. The van der Waals surface area contributed by atoms with Gasteiger partial charge >= 0.3 is 51.4 Å². The summed E-state index contributed by atoms with van der Waals surface area (Å²) in [5.41, 5.74) is 0. The topological polar surface area (TPSA) is 38.8 Å². The molecule has 0 aromatic carbocycles. The van der Waals surface area contributed by atoms with E-state index in [0.29, 0.717) is 13.2 Å². The van der Waals surface area contributed by atoms with Crippen molar-refractivity contribution in [2.24, 2.45) is 0 Å². The molecule has 0 amide bonds. The molecule has 0 aliphatic heterocycles. The number of hydrogen-bond acceptors (Lipinski definition) is 4. The molecule has 0 atom stereocenters. The first-order valence-electron chi connectivity index (χ1n) is 8.80. The normalized spacial score (nSPS) is 9.85. The van der Waals surface area contributed by atoms with Crippen LogP contribution in [0.15, 0.2) is 50.6 Å². The molecule has 0 aromatic heterocycles. The summed E-state index contributed by atoms with van der Waals surface area (Å²) in [4.78, 5) is 4.53. The smallest absolute Gasteiger partial charge is 0.853 e. The molecule has 0 fully saturated rings. The minimum Gasteiger partial charge on any atom is -0.853 e. The Morgan fingerprint density at radius 1 is 0.769 bits per heavy atom. The van der Waals surface area contributed by atoms with Crippen LogP contribution in [0.2, 0.25) is 0 Å². The molecule has 0 saturated carbocycles. The van der Waals surface area contributed by atoms with Gasteiger partial charge in [0, 0.05) is 51.3 Å². The zero-order valence-electron chi connectivity index (χ0n) is 16.7. The Hall–Kier alpha value is 0.916. The van der Waals surface area contributed by atoms with Gasteiger partial charge in [0.15, 0.2) is 0 Å². The van der Waals surface area contributed by atoms with E-state index in [2.05, 4.69) is 52.0 Å². The summed E-state index contributed by atoms with van der Waals surface area (Å²) in [6, 6.07) is 0. The van der Waals surface area contributed by atoms with Crippen LogP contribution in [0, 0.1) is 0 Å². The van der Waals surface area contributed by atoms with Crippen molar-refractivity contribution in [1.82, 2.24) is 9.80 Å². The van der Waals surface area contributed by atoms with Crippen molar-refractivity contribution in [2.45, 2.75) is 12.8 Å². The number of halogens is 1. The second kappa shape index (κ2) is 28.1. The summed E-state index contributed by atoms with van der Waals surface area (Å²) < 4.78 is 5.10. The molecule has 0 spiro atoms. The molecule has 0 heterocycles. The Labute approximate surface area is 212 Å². The first-order chi connectivity index (χ1) is 12.2. The molecule has 6 heteroatoms. The Morgan fingerprint density at radius 2 is 1.19 bits per heavy atom. The maximum atomic E-state index is 10.1. The van der Waals surface area contributed by atoms with Gasteiger partial charge in [-0.05, 0) is 19.4 Å². The van der Waals surface area contributed by atoms with Gasteiger partial charge < -0.3 is 9.84 Å². The molecule has 0 aliphatic carbocycles. The van der Waals surface area contributed by atoms with E-state index in [1.807, 2.05) is 24.3 Å². The Balaban J connectivity index is -0.000000402. The number of ether oxygens (including phenoxy) is 1. The molecule has 0 aliphatic rings. The monoisotopic (exact) mass is 454 g/mol. The second-order valence-corrected chi connectivity index (χ2v) is 6.18. The van der Waals surface area contributed by atoms with Crippen molar-refractivity contribution < 1.29 is 61.2 Å². The van der Waals surface area contributed by atoms with Crippen LogP contribution < -0.4 is 56.5 Å². The zero-order valence-corrected chi connectivity index (χ0v) is 21.4. The maximum absolute atomic E-state index is 10.1. The zero-order chi connectivity index (χ0) is 19.2. The average molecular weight is 456 g/mol. The molecule has 0 bridgehead atoms. The third-order valence-corrected chi connectivity index (χ3v) is 3.71. The Morgan fingerprint density at radius 3 is 1.54 bits per heavy atom. The van der Waals surface area contributed by atoms with Gasteiger partial charge in [0.2, 0.25) is 0 Å². The van der Waals surface area contributed by atoms with E-state index in [1.54, 1.807) is 0 Å². The van der Waals surface area contributed by atoms with Crippen LogP contribution in [-0.2, 0) is 4.74 Å². The van der Waals surface area contributed by atoms with Crippen LogP contribution >= 0.6 is 15.9 Å². The number of nitrogens with zero attached hydrogens (tertiary/aromatic N) is 2. The van der Waals surface area contributed by atoms with Crippen LogP contribution in [0.25, 0.3) is 0 Å². The third kappa shape index (κ3) is 24.9. The van der Waals surface area contributed by atoms with E-state index in [0.717, 1.165) is 51.0 Å². The van der Waals surface area contributed by atoms with Gasteiger partial charge in [-0.2, -0.15) is 0 Å². The molecule has 146 valence electrons. The quantitative estimate of drug-likeness (QED) is 0.133. The van der Waals surface area contributed by atoms with Gasteiger partial charge in [0.25, 0.3) is 0 Å². The van der Waals surface area contributed by atoms with Gasteiger partial charge in [-0.1, -0.05) is 40.2 Å².